The van der Waals surface area contributed by atoms with Crippen molar-refractivity contribution in [2.45, 2.75) is 18.8 Å². The highest BCUT2D eigenvalue weighted by molar-refractivity contribution is 5.85. The van der Waals surface area contributed by atoms with E-state index in [0.717, 1.165) is 29.9 Å². The van der Waals surface area contributed by atoms with Crippen LogP contribution in [-0.4, -0.2) is 32.8 Å². The molecular formula is C16H19N5. The van der Waals surface area contributed by atoms with Crippen molar-refractivity contribution in [3.05, 3.63) is 36.4 Å². The highest BCUT2D eigenvalue weighted by atomic mass is 15.2. The first-order valence-corrected chi connectivity index (χ1v) is 7.48. The summed E-state index contributed by atoms with van der Waals surface area (Å²) in [5.41, 5.74) is 4.63. The molecule has 5 nitrogen and oxygen atoms in total. The van der Waals surface area contributed by atoms with E-state index in [1.807, 2.05) is 30.3 Å². The maximum atomic E-state index is 4.57. The van der Waals surface area contributed by atoms with Gasteiger partial charge in [-0.05, 0) is 43.5 Å². The Hall–Kier alpha value is -2.14. The van der Waals surface area contributed by atoms with Crippen LogP contribution < -0.4 is 5.32 Å². The van der Waals surface area contributed by atoms with Crippen molar-refractivity contribution in [1.82, 2.24) is 25.1 Å². The minimum absolute atomic E-state index is 0.631. The highest BCUT2D eigenvalue weighted by Gasteiger charge is 2.19. The van der Waals surface area contributed by atoms with Crippen LogP contribution in [0.5, 0.6) is 0 Å². The number of piperidine rings is 1. The van der Waals surface area contributed by atoms with Crippen LogP contribution >= 0.6 is 0 Å². The number of pyridine rings is 1. The molecule has 0 aromatic carbocycles. The Morgan fingerprint density at radius 1 is 1.19 bits per heavy atom. The standard InChI is InChI=1S/C16H19N5/c1-21-10-13(8-20-21)12-6-14-15(9-19-16(14)18-7-12)11-2-4-17-5-3-11/h6-11,17H,2-5H2,1H3,(H,18,19). The van der Waals surface area contributed by atoms with Gasteiger partial charge in [-0.15, -0.1) is 0 Å². The zero-order valence-corrected chi connectivity index (χ0v) is 12.1. The molecule has 0 aliphatic carbocycles. The fraction of sp³-hybridized carbons (Fsp3) is 0.375. The molecule has 0 bridgehead atoms. The van der Waals surface area contributed by atoms with Crippen molar-refractivity contribution >= 4 is 11.0 Å². The number of rotatable bonds is 2. The van der Waals surface area contributed by atoms with Gasteiger partial charge in [-0.2, -0.15) is 5.10 Å². The van der Waals surface area contributed by atoms with Gasteiger partial charge in [0.25, 0.3) is 0 Å². The number of H-pyrrole nitrogens is 1. The Morgan fingerprint density at radius 3 is 2.81 bits per heavy atom. The van der Waals surface area contributed by atoms with Crippen LogP contribution in [0.3, 0.4) is 0 Å². The van der Waals surface area contributed by atoms with Crippen molar-refractivity contribution in [3.63, 3.8) is 0 Å². The first-order chi connectivity index (χ1) is 10.3. The molecule has 1 aliphatic heterocycles. The third kappa shape index (κ3) is 2.23. The van der Waals surface area contributed by atoms with E-state index in [1.165, 1.54) is 23.8 Å². The Bertz CT molecular complexity index is 764. The molecule has 1 fully saturated rings. The quantitative estimate of drug-likeness (QED) is 0.758. The number of hydrogen-bond acceptors (Lipinski definition) is 3. The summed E-state index contributed by atoms with van der Waals surface area (Å²) >= 11 is 0. The molecule has 0 radical (unpaired) electrons. The lowest BCUT2D eigenvalue weighted by atomic mass is 9.90. The minimum Gasteiger partial charge on any atom is -0.346 e. The molecular weight excluding hydrogens is 262 g/mol. The summed E-state index contributed by atoms with van der Waals surface area (Å²) in [6, 6.07) is 2.24. The largest absolute Gasteiger partial charge is 0.346 e. The Balaban J connectivity index is 1.78. The van der Waals surface area contributed by atoms with Gasteiger partial charge >= 0.3 is 0 Å². The van der Waals surface area contributed by atoms with E-state index < -0.39 is 0 Å². The highest BCUT2D eigenvalue weighted by Crippen LogP contribution is 2.32. The van der Waals surface area contributed by atoms with Gasteiger partial charge in [0.2, 0.25) is 0 Å². The monoisotopic (exact) mass is 281 g/mol. The van der Waals surface area contributed by atoms with Crippen LogP contribution in [0.2, 0.25) is 0 Å². The molecule has 2 N–H and O–H groups in total. The van der Waals surface area contributed by atoms with Gasteiger partial charge in [0, 0.05) is 42.2 Å². The van der Waals surface area contributed by atoms with Crippen molar-refractivity contribution < 1.29 is 0 Å². The topological polar surface area (TPSA) is 58.5 Å². The molecule has 1 aliphatic rings. The summed E-state index contributed by atoms with van der Waals surface area (Å²) in [6.07, 6.45) is 10.4. The van der Waals surface area contributed by atoms with Gasteiger partial charge in [-0.25, -0.2) is 4.98 Å². The lowest BCUT2D eigenvalue weighted by Crippen LogP contribution is -2.26. The van der Waals surface area contributed by atoms with E-state index >= 15 is 0 Å². The second-order valence-corrected chi connectivity index (χ2v) is 5.79. The molecule has 3 aromatic rings. The van der Waals surface area contributed by atoms with Crippen LogP contribution in [0.4, 0.5) is 0 Å². The average Bonchev–Trinajstić information content (AvgIpc) is 3.13. The molecule has 108 valence electrons. The second-order valence-electron chi connectivity index (χ2n) is 5.79. The van der Waals surface area contributed by atoms with Crippen molar-refractivity contribution in [2.24, 2.45) is 7.05 Å². The van der Waals surface area contributed by atoms with E-state index in [2.05, 4.69) is 32.6 Å². The summed E-state index contributed by atoms with van der Waals surface area (Å²) in [5, 5.41) is 8.93. The Kier molecular flexibility index (Phi) is 3.00. The summed E-state index contributed by atoms with van der Waals surface area (Å²) in [6.45, 7) is 2.21. The SMILES string of the molecule is Cn1cc(-c2cnc3[nH]cc(C4CCNCC4)c3c2)cn1. The molecule has 0 amide bonds. The zero-order chi connectivity index (χ0) is 14.2. The maximum absolute atomic E-state index is 4.57. The van der Waals surface area contributed by atoms with Crippen LogP contribution in [0.1, 0.15) is 24.3 Å². The van der Waals surface area contributed by atoms with Crippen LogP contribution in [0.15, 0.2) is 30.9 Å². The molecule has 21 heavy (non-hydrogen) atoms. The zero-order valence-electron chi connectivity index (χ0n) is 12.1. The predicted octanol–water partition coefficient (Wildman–Crippen LogP) is 2.43. The molecule has 0 unspecified atom stereocenters. The first kappa shape index (κ1) is 12.6. The van der Waals surface area contributed by atoms with Crippen molar-refractivity contribution in [1.29, 1.82) is 0 Å². The van der Waals surface area contributed by atoms with Gasteiger partial charge in [0.1, 0.15) is 5.65 Å². The van der Waals surface area contributed by atoms with Crippen molar-refractivity contribution in [3.8, 4) is 11.1 Å². The number of fused-ring (bicyclic) bond motifs is 1. The lowest BCUT2D eigenvalue weighted by molar-refractivity contribution is 0.462. The van der Waals surface area contributed by atoms with Gasteiger partial charge in [-0.1, -0.05) is 0 Å². The molecule has 0 spiro atoms. The number of aromatic nitrogens is 4. The normalized spacial score (nSPS) is 16.6. The lowest BCUT2D eigenvalue weighted by Gasteiger charge is -2.22. The Morgan fingerprint density at radius 2 is 2.05 bits per heavy atom. The van der Waals surface area contributed by atoms with Crippen LogP contribution in [0, 0.1) is 0 Å². The molecule has 4 rings (SSSR count). The molecule has 3 aromatic heterocycles. The van der Waals surface area contributed by atoms with Crippen molar-refractivity contribution in [2.75, 3.05) is 13.1 Å². The maximum Gasteiger partial charge on any atom is 0.137 e. The number of aromatic amines is 1. The van der Waals surface area contributed by atoms with Gasteiger partial charge in [0.15, 0.2) is 0 Å². The molecule has 0 atom stereocenters. The summed E-state index contributed by atoms with van der Waals surface area (Å²) in [7, 11) is 1.94. The minimum atomic E-state index is 0.631. The summed E-state index contributed by atoms with van der Waals surface area (Å²) in [5.74, 6) is 0.631. The third-order valence-corrected chi connectivity index (χ3v) is 4.38. The fourth-order valence-electron chi connectivity index (χ4n) is 3.22. The molecule has 0 saturated carbocycles. The third-order valence-electron chi connectivity index (χ3n) is 4.38. The summed E-state index contributed by atoms with van der Waals surface area (Å²) in [4.78, 5) is 7.89. The van der Waals surface area contributed by atoms with Gasteiger partial charge in [-0.3, -0.25) is 4.68 Å². The molecule has 1 saturated heterocycles. The smallest absolute Gasteiger partial charge is 0.137 e. The fourth-order valence-corrected chi connectivity index (χ4v) is 3.22. The molecule has 5 heteroatoms. The van der Waals surface area contributed by atoms with Crippen LogP contribution in [0.25, 0.3) is 22.2 Å². The molecule has 4 heterocycles. The number of hydrogen-bond donors (Lipinski definition) is 2. The van der Waals surface area contributed by atoms with Gasteiger partial charge < -0.3 is 10.3 Å². The van der Waals surface area contributed by atoms with E-state index in [1.54, 1.807) is 0 Å². The predicted molar refractivity (Wildman–Crippen MR) is 83.1 cm³/mol. The van der Waals surface area contributed by atoms with Gasteiger partial charge in [0.05, 0.1) is 6.20 Å². The number of nitrogens with one attached hydrogen (secondary N) is 2. The van der Waals surface area contributed by atoms with Crippen LogP contribution in [-0.2, 0) is 7.05 Å². The first-order valence-electron chi connectivity index (χ1n) is 7.48. The van der Waals surface area contributed by atoms with E-state index in [0.29, 0.717) is 5.92 Å². The number of aryl methyl sites for hydroxylation is 1. The Labute approximate surface area is 123 Å². The van der Waals surface area contributed by atoms with E-state index in [-0.39, 0.29) is 0 Å². The van der Waals surface area contributed by atoms with E-state index in [4.69, 9.17) is 0 Å². The number of nitrogens with zero attached hydrogens (tertiary/aromatic N) is 3. The summed E-state index contributed by atoms with van der Waals surface area (Å²) < 4.78 is 1.82. The van der Waals surface area contributed by atoms with E-state index in [9.17, 15) is 0 Å². The second kappa shape index (κ2) is 5.00. The average molecular weight is 281 g/mol.